The summed E-state index contributed by atoms with van der Waals surface area (Å²) >= 11 is 0. The van der Waals surface area contributed by atoms with Crippen LogP contribution in [0.5, 0.6) is 11.5 Å². The van der Waals surface area contributed by atoms with E-state index in [9.17, 15) is 0 Å². The molecule has 292 valence electrons. The molecule has 0 atom stereocenters. The molecule has 0 spiro atoms. The largest absolute Gasteiger partial charge is 0.453 e. The normalized spacial score (nSPS) is 16.0. The van der Waals surface area contributed by atoms with Crippen LogP contribution in [-0.4, -0.2) is 24.2 Å². The van der Waals surface area contributed by atoms with Gasteiger partial charge < -0.3 is 14.5 Å². The van der Waals surface area contributed by atoms with Crippen LogP contribution in [0.1, 0.15) is 11.1 Å². The van der Waals surface area contributed by atoms with Gasteiger partial charge >= 0.3 is 0 Å². The fourth-order valence-corrected chi connectivity index (χ4v) is 21.6. The van der Waals surface area contributed by atoms with Crippen LogP contribution in [0.4, 0.5) is 34.1 Å². The van der Waals surface area contributed by atoms with E-state index < -0.39 is 24.2 Å². The quantitative estimate of drug-likeness (QED) is 0.165. The first-order chi connectivity index (χ1) is 29.1. The number of para-hydroxylation sites is 6. The van der Waals surface area contributed by atoms with Gasteiger partial charge in [-0.2, -0.15) is 0 Å². The summed E-state index contributed by atoms with van der Waals surface area (Å²) in [7, 11) is -7.16. The SMILES string of the molecule is Cc1ccc([Si]2(c3ccc(C)cc3)c3cccc(N4c5ccccc5[Si](C)(C)c5ccccc54)c3Oc3c(N4c5ccccc5[Si](C)(C)c5ccccc54)cccc32)cc1. The van der Waals surface area contributed by atoms with Crippen molar-refractivity contribution < 1.29 is 4.74 Å². The maximum absolute atomic E-state index is 7.83. The zero-order valence-electron chi connectivity index (χ0n) is 35.1. The van der Waals surface area contributed by atoms with Gasteiger partial charge in [-0.3, -0.25) is 0 Å². The second kappa shape index (κ2) is 13.4. The van der Waals surface area contributed by atoms with E-state index in [4.69, 9.17) is 4.74 Å². The Morgan fingerprint density at radius 1 is 0.317 bits per heavy atom. The Bertz CT molecular complexity index is 2710. The molecule has 0 fully saturated rings. The lowest BCUT2D eigenvalue weighted by molar-refractivity contribution is 0.489. The van der Waals surface area contributed by atoms with Gasteiger partial charge in [-0.25, -0.2) is 0 Å². The predicted molar refractivity (Wildman–Crippen MR) is 262 cm³/mol. The molecule has 6 heteroatoms. The van der Waals surface area contributed by atoms with E-state index in [1.54, 1.807) is 0 Å². The fraction of sp³-hybridized carbons (Fsp3) is 0.111. The summed E-state index contributed by atoms with van der Waals surface area (Å²) in [6.07, 6.45) is 0. The second-order valence-corrected chi connectivity index (χ2v) is 30.3. The molecule has 3 aliphatic heterocycles. The van der Waals surface area contributed by atoms with E-state index in [-0.39, 0.29) is 0 Å². The molecule has 0 aliphatic carbocycles. The first kappa shape index (κ1) is 36.9. The number of rotatable bonds is 4. The van der Waals surface area contributed by atoms with Gasteiger partial charge in [0.05, 0.1) is 11.4 Å². The summed E-state index contributed by atoms with van der Waals surface area (Å²) in [4.78, 5) is 5.02. The van der Waals surface area contributed by atoms with E-state index >= 15 is 0 Å². The van der Waals surface area contributed by atoms with Crippen LogP contribution in [0.25, 0.3) is 0 Å². The van der Waals surface area contributed by atoms with Gasteiger partial charge in [0.2, 0.25) is 0 Å². The number of anilines is 6. The van der Waals surface area contributed by atoms with Crippen LogP contribution >= 0.6 is 0 Å². The second-order valence-electron chi connectivity index (χ2n) is 17.9. The van der Waals surface area contributed by atoms with Gasteiger partial charge in [-0.15, -0.1) is 0 Å². The lowest BCUT2D eigenvalue weighted by Crippen LogP contribution is -2.76. The Morgan fingerprint density at radius 3 is 0.933 bits per heavy atom. The Balaban J connectivity index is 1.27. The van der Waals surface area contributed by atoms with E-state index in [0.29, 0.717) is 0 Å². The highest BCUT2D eigenvalue weighted by molar-refractivity contribution is 7.21. The maximum Gasteiger partial charge on any atom is 0.188 e. The Kier molecular flexibility index (Phi) is 8.24. The number of fused-ring (bicyclic) bond motifs is 6. The minimum atomic E-state index is -3.10. The molecule has 0 unspecified atom stereocenters. The summed E-state index contributed by atoms with van der Waals surface area (Å²) in [6.45, 7) is 14.4. The van der Waals surface area contributed by atoms with Crippen molar-refractivity contribution in [2.75, 3.05) is 9.80 Å². The fourth-order valence-electron chi connectivity index (χ4n) is 10.7. The zero-order chi connectivity index (χ0) is 41.0. The molecule has 0 bridgehead atoms. The van der Waals surface area contributed by atoms with Crippen molar-refractivity contribution in [1.82, 2.24) is 0 Å². The number of hydrogen-bond acceptors (Lipinski definition) is 3. The van der Waals surface area contributed by atoms with Gasteiger partial charge in [0.15, 0.2) is 19.6 Å². The zero-order valence-corrected chi connectivity index (χ0v) is 38.1. The van der Waals surface area contributed by atoms with Crippen molar-refractivity contribution in [2.45, 2.75) is 40.0 Å². The molecular weight excluding hydrogens is 777 g/mol. The summed E-state index contributed by atoms with van der Waals surface area (Å²) in [6, 6.07) is 69.1. The third-order valence-corrected chi connectivity index (χ3v) is 25.6. The summed E-state index contributed by atoms with van der Waals surface area (Å²) < 4.78 is 7.83. The highest BCUT2D eigenvalue weighted by Gasteiger charge is 2.51. The average molecular weight is 825 g/mol. The van der Waals surface area contributed by atoms with Crippen molar-refractivity contribution in [3.63, 3.8) is 0 Å². The van der Waals surface area contributed by atoms with Crippen LogP contribution in [0.2, 0.25) is 26.2 Å². The van der Waals surface area contributed by atoms with Gasteiger partial charge in [-0.05, 0) is 91.7 Å². The van der Waals surface area contributed by atoms with E-state index in [1.165, 1.54) is 75.4 Å². The average Bonchev–Trinajstić information content (AvgIpc) is 3.27. The molecule has 0 radical (unpaired) electrons. The number of ether oxygens (including phenoxy) is 1. The van der Waals surface area contributed by atoms with Crippen molar-refractivity contribution >= 4 is 99.8 Å². The Labute approximate surface area is 357 Å². The van der Waals surface area contributed by atoms with Crippen LogP contribution in [0.3, 0.4) is 0 Å². The van der Waals surface area contributed by atoms with Crippen molar-refractivity contribution in [3.8, 4) is 11.5 Å². The van der Waals surface area contributed by atoms with Gasteiger partial charge in [0, 0.05) is 22.7 Å². The molecular formula is C54H48N2OSi3. The molecule has 11 rings (SSSR count). The standard InChI is InChI=1S/C54H48N2OSi3/c1-37-29-33-39(34-30-37)60(40-35-31-38(2)32-36-40)51-27-15-21-45(55-41-17-7-11-23-47(41)58(3,4)48-24-12-8-18-42(48)55)53(51)57-54-46(22-16-28-52(54)60)56-43-19-9-13-25-49(43)59(5,6)50-26-14-10-20-44(50)56/h7-36H,1-6H3. The van der Waals surface area contributed by atoms with Gasteiger partial charge in [-0.1, -0.05) is 183 Å². The number of aryl methyl sites for hydroxylation is 2. The molecule has 60 heavy (non-hydrogen) atoms. The Morgan fingerprint density at radius 2 is 0.600 bits per heavy atom. The number of hydrogen-bond donors (Lipinski definition) is 0. The minimum Gasteiger partial charge on any atom is -0.453 e. The monoisotopic (exact) mass is 824 g/mol. The molecule has 8 aromatic rings. The molecule has 0 N–H and O–H groups in total. The van der Waals surface area contributed by atoms with Gasteiger partial charge in [0.1, 0.15) is 16.1 Å². The van der Waals surface area contributed by atoms with Crippen LogP contribution < -0.4 is 56.0 Å². The lowest BCUT2D eigenvalue weighted by atomic mass is 10.1. The van der Waals surface area contributed by atoms with Crippen LogP contribution in [-0.2, 0) is 0 Å². The minimum absolute atomic E-state index is 0.935. The highest BCUT2D eigenvalue weighted by Crippen LogP contribution is 2.49. The first-order valence-corrected chi connectivity index (χ1v) is 29.2. The van der Waals surface area contributed by atoms with Crippen LogP contribution in [0, 0.1) is 13.8 Å². The van der Waals surface area contributed by atoms with Crippen molar-refractivity contribution in [1.29, 1.82) is 0 Å². The summed E-state index contributed by atoms with van der Waals surface area (Å²) in [5.41, 5.74) is 9.62. The molecule has 8 aromatic carbocycles. The van der Waals surface area contributed by atoms with Gasteiger partial charge in [0.25, 0.3) is 0 Å². The smallest absolute Gasteiger partial charge is 0.188 e. The molecule has 0 aromatic heterocycles. The molecule has 0 saturated heterocycles. The van der Waals surface area contributed by atoms with Crippen molar-refractivity contribution in [2.24, 2.45) is 0 Å². The highest BCUT2D eigenvalue weighted by atomic mass is 28.3. The van der Waals surface area contributed by atoms with E-state index in [0.717, 1.165) is 22.9 Å². The third kappa shape index (κ3) is 5.11. The maximum atomic E-state index is 7.83. The van der Waals surface area contributed by atoms with E-state index in [2.05, 4.69) is 232 Å². The predicted octanol–water partition coefficient (Wildman–Crippen LogP) is 9.00. The molecule has 3 aliphatic rings. The third-order valence-electron chi connectivity index (χ3n) is 13.7. The molecule has 3 heterocycles. The number of benzene rings is 8. The van der Waals surface area contributed by atoms with E-state index in [1.807, 2.05) is 0 Å². The molecule has 3 nitrogen and oxygen atoms in total. The molecule has 0 saturated carbocycles. The lowest BCUT2D eigenvalue weighted by Gasteiger charge is -2.46. The Hall–Kier alpha value is -6.19. The van der Waals surface area contributed by atoms with Crippen LogP contribution in [0.15, 0.2) is 182 Å². The van der Waals surface area contributed by atoms with Crippen molar-refractivity contribution in [3.05, 3.63) is 193 Å². The topological polar surface area (TPSA) is 15.7 Å². The summed E-state index contributed by atoms with van der Waals surface area (Å²) in [5, 5.41) is 11.0. The molecule has 0 amide bonds. The number of nitrogens with zero attached hydrogens (tertiary/aromatic N) is 2. The first-order valence-electron chi connectivity index (χ1n) is 21.2. The summed E-state index contributed by atoms with van der Waals surface area (Å²) in [5.74, 6) is 1.87.